The van der Waals surface area contributed by atoms with E-state index >= 15 is 0 Å². The van der Waals surface area contributed by atoms with E-state index in [1.54, 1.807) is 30.0 Å². The summed E-state index contributed by atoms with van der Waals surface area (Å²) in [6.45, 7) is 2.37. The largest absolute Gasteiger partial charge is 0.365 e. The summed E-state index contributed by atoms with van der Waals surface area (Å²) in [6, 6.07) is 6.20. The predicted molar refractivity (Wildman–Crippen MR) is 70.7 cm³/mol. The van der Waals surface area contributed by atoms with Crippen LogP contribution in [0.3, 0.4) is 0 Å². The van der Waals surface area contributed by atoms with Gasteiger partial charge in [0.05, 0.1) is 6.04 Å². The third-order valence-corrected chi connectivity index (χ3v) is 4.89. The molecule has 2 saturated heterocycles. The number of aliphatic hydroxyl groups is 1. The van der Waals surface area contributed by atoms with Gasteiger partial charge in [0.15, 0.2) is 5.72 Å². The molecule has 3 aliphatic rings. The van der Waals surface area contributed by atoms with Crippen LogP contribution in [-0.2, 0) is 10.5 Å². The summed E-state index contributed by atoms with van der Waals surface area (Å²) in [5.74, 6) is -0.297. The van der Waals surface area contributed by atoms with E-state index in [1.807, 2.05) is 6.07 Å². The molecule has 3 aliphatic heterocycles. The van der Waals surface area contributed by atoms with Gasteiger partial charge in [0.2, 0.25) is 5.91 Å². The van der Waals surface area contributed by atoms with Crippen molar-refractivity contribution < 1.29 is 14.7 Å². The van der Waals surface area contributed by atoms with E-state index in [4.69, 9.17) is 0 Å². The second-order valence-electron chi connectivity index (χ2n) is 5.81. The summed E-state index contributed by atoms with van der Waals surface area (Å²) < 4.78 is 0. The lowest BCUT2D eigenvalue weighted by Gasteiger charge is -2.50. The van der Waals surface area contributed by atoms with Crippen LogP contribution in [-0.4, -0.2) is 45.3 Å². The topological polar surface area (TPSA) is 60.9 Å². The Morgan fingerprint density at radius 3 is 2.85 bits per heavy atom. The van der Waals surface area contributed by atoms with Crippen LogP contribution in [0.5, 0.6) is 0 Å². The molecular formula is C15H16N2O3. The highest BCUT2D eigenvalue weighted by atomic mass is 16.3. The first-order valence-corrected chi connectivity index (χ1v) is 7.03. The third kappa shape index (κ3) is 1.13. The number of benzene rings is 1. The van der Waals surface area contributed by atoms with Gasteiger partial charge in [-0.2, -0.15) is 0 Å². The molecule has 0 aromatic heterocycles. The number of rotatable bonds is 0. The first kappa shape index (κ1) is 11.9. The maximum absolute atomic E-state index is 12.6. The van der Waals surface area contributed by atoms with E-state index in [9.17, 15) is 14.7 Å². The average Bonchev–Trinajstić information content (AvgIpc) is 3.02. The van der Waals surface area contributed by atoms with Crippen molar-refractivity contribution in [3.63, 3.8) is 0 Å². The van der Waals surface area contributed by atoms with Crippen LogP contribution in [0.2, 0.25) is 0 Å². The summed E-state index contributed by atoms with van der Waals surface area (Å²) >= 11 is 0. The first-order valence-electron chi connectivity index (χ1n) is 7.03. The summed E-state index contributed by atoms with van der Waals surface area (Å²) in [4.78, 5) is 28.1. The Morgan fingerprint density at radius 2 is 2.05 bits per heavy atom. The van der Waals surface area contributed by atoms with Crippen molar-refractivity contribution in [3.8, 4) is 0 Å². The minimum Gasteiger partial charge on any atom is -0.365 e. The highest BCUT2D eigenvalue weighted by molar-refractivity contribution is 6.03. The number of carbonyl (C=O) groups is 2. The number of amides is 2. The Balaban J connectivity index is 1.97. The third-order valence-electron chi connectivity index (χ3n) is 4.89. The number of hydrogen-bond donors (Lipinski definition) is 1. The molecule has 2 fully saturated rings. The number of hydrogen-bond acceptors (Lipinski definition) is 3. The molecule has 0 spiro atoms. The molecule has 0 bridgehead atoms. The van der Waals surface area contributed by atoms with Gasteiger partial charge < -0.3 is 10.0 Å². The summed E-state index contributed by atoms with van der Waals surface area (Å²) in [6.07, 6.45) is 1.60. The molecule has 2 amide bonds. The van der Waals surface area contributed by atoms with E-state index in [0.717, 1.165) is 12.8 Å². The molecule has 20 heavy (non-hydrogen) atoms. The minimum atomic E-state index is -1.36. The van der Waals surface area contributed by atoms with Crippen LogP contribution in [0.4, 0.5) is 0 Å². The van der Waals surface area contributed by atoms with Gasteiger partial charge in [0.1, 0.15) is 6.04 Å². The smallest absolute Gasteiger partial charge is 0.257 e. The van der Waals surface area contributed by atoms with Gasteiger partial charge in [-0.15, -0.1) is 0 Å². The predicted octanol–water partition coefficient (Wildman–Crippen LogP) is 0.681. The fourth-order valence-corrected chi connectivity index (χ4v) is 4.02. The van der Waals surface area contributed by atoms with Gasteiger partial charge in [0.25, 0.3) is 5.91 Å². The van der Waals surface area contributed by atoms with Crippen molar-refractivity contribution in [3.05, 3.63) is 35.4 Å². The van der Waals surface area contributed by atoms with Gasteiger partial charge in [-0.3, -0.25) is 14.5 Å². The molecule has 5 nitrogen and oxygen atoms in total. The van der Waals surface area contributed by atoms with Gasteiger partial charge in [-0.25, -0.2) is 0 Å². The molecule has 0 aliphatic carbocycles. The van der Waals surface area contributed by atoms with Crippen molar-refractivity contribution in [2.75, 3.05) is 6.54 Å². The highest BCUT2D eigenvalue weighted by Crippen LogP contribution is 2.48. The second kappa shape index (κ2) is 3.61. The molecule has 0 unspecified atom stereocenters. The molecule has 3 atom stereocenters. The molecule has 4 rings (SSSR count). The lowest BCUT2D eigenvalue weighted by molar-refractivity contribution is -0.190. The Kier molecular flexibility index (Phi) is 2.15. The van der Waals surface area contributed by atoms with E-state index in [1.165, 1.54) is 4.90 Å². The van der Waals surface area contributed by atoms with Crippen LogP contribution >= 0.6 is 0 Å². The molecule has 1 aromatic carbocycles. The Morgan fingerprint density at radius 1 is 1.30 bits per heavy atom. The molecule has 1 N–H and O–H groups in total. The van der Waals surface area contributed by atoms with E-state index in [0.29, 0.717) is 17.7 Å². The van der Waals surface area contributed by atoms with Crippen LogP contribution in [0.1, 0.15) is 35.7 Å². The van der Waals surface area contributed by atoms with Gasteiger partial charge in [-0.1, -0.05) is 18.2 Å². The normalized spacial score (nSPS) is 35.1. The van der Waals surface area contributed by atoms with Crippen LogP contribution in [0, 0.1) is 0 Å². The monoisotopic (exact) mass is 272 g/mol. The fourth-order valence-electron chi connectivity index (χ4n) is 4.02. The zero-order valence-electron chi connectivity index (χ0n) is 11.2. The Labute approximate surface area is 116 Å². The molecule has 0 radical (unpaired) electrons. The van der Waals surface area contributed by atoms with Crippen LogP contribution < -0.4 is 0 Å². The zero-order chi connectivity index (χ0) is 14.1. The van der Waals surface area contributed by atoms with E-state index < -0.39 is 11.8 Å². The van der Waals surface area contributed by atoms with Crippen molar-refractivity contribution in [2.45, 2.75) is 37.6 Å². The van der Waals surface area contributed by atoms with Crippen molar-refractivity contribution in [1.29, 1.82) is 0 Å². The molecule has 5 heteroatoms. The lowest BCUT2D eigenvalue weighted by atomic mass is 9.89. The molecule has 0 saturated carbocycles. The quantitative estimate of drug-likeness (QED) is 0.755. The highest BCUT2D eigenvalue weighted by Gasteiger charge is 2.62. The Hall–Kier alpha value is -1.88. The van der Waals surface area contributed by atoms with Crippen molar-refractivity contribution in [2.24, 2.45) is 0 Å². The molecule has 1 aromatic rings. The number of carbonyl (C=O) groups excluding carboxylic acids is 2. The zero-order valence-corrected chi connectivity index (χ0v) is 11.2. The SMILES string of the molecule is C[C@@H]1C(=O)N2CCC[C@@H]2[C@]2(O)c3ccccc3C(=O)N12. The van der Waals surface area contributed by atoms with E-state index in [2.05, 4.69) is 0 Å². The maximum atomic E-state index is 12.6. The first-order chi connectivity index (χ1) is 9.56. The van der Waals surface area contributed by atoms with Crippen LogP contribution in [0.25, 0.3) is 0 Å². The van der Waals surface area contributed by atoms with Gasteiger partial charge in [0, 0.05) is 17.7 Å². The summed E-state index contributed by atoms with van der Waals surface area (Å²) in [7, 11) is 0. The number of piperazine rings is 1. The van der Waals surface area contributed by atoms with Crippen molar-refractivity contribution in [1.82, 2.24) is 9.80 Å². The van der Waals surface area contributed by atoms with Crippen LogP contribution in [0.15, 0.2) is 24.3 Å². The number of nitrogens with zero attached hydrogens (tertiary/aromatic N) is 2. The van der Waals surface area contributed by atoms with Gasteiger partial charge >= 0.3 is 0 Å². The lowest BCUT2D eigenvalue weighted by Crippen LogP contribution is -2.68. The fraction of sp³-hybridized carbons (Fsp3) is 0.467. The minimum absolute atomic E-state index is 0.0571. The second-order valence-corrected chi connectivity index (χ2v) is 5.81. The summed E-state index contributed by atoms with van der Waals surface area (Å²) in [5.41, 5.74) is -0.207. The number of fused-ring (bicyclic) bond motifs is 5. The van der Waals surface area contributed by atoms with Gasteiger partial charge in [-0.05, 0) is 25.8 Å². The Bertz CT molecular complexity index is 629. The molecular weight excluding hydrogens is 256 g/mol. The average molecular weight is 272 g/mol. The van der Waals surface area contributed by atoms with Crippen molar-refractivity contribution >= 4 is 11.8 Å². The standard InChI is InChI=1S/C15H16N2O3/c1-9-13(18)16-8-4-7-12(16)15(20)11-6-3-2-5-10(11)14(19)17(9)15/h2-3,5-6,9,12,20H,4,7-8H2,1H3/t9-,12-,15-/m1/s1. The molecule has 104 valence electrons. The van der Waals surface area contributed by atoms with E-state index in [-0.39, 0.29) is 17.9 Å². The molecule has 3 heterocycles. The summed E-state index contributed by atoms with van der Waals surface area (Å²) in [5, 5.41) is 11.3. The maximum Gasteiger partial charge on any atom is 0.257 e.